The highest BCUT2D eigenvalue weighted by Gasteiger charge is 2.26. The second-order valence-corrected chi connectivity index (χ2v) is 6.14. The molecule has 1 aromatic rings. The first-order valence-corrected chi connectivity index (χ1v) is 7.83. The van der Waals surface area contributed by atoms with Gasteiger partial charge in [-0.05, 0) is 31.9 Å². The summed E-state index contributed by atoms with van der Waals surface area (Å²) in [5.74, 6) is 0. The van der Waals surface area contributed by atoms with Crippen molar-refractivity contribution in [3.8, 4) is 0 Å². The molecule has 0 amide bonds. The first-order valence-electron chi connectivity index (χ1n) is 7.83. The molecular formula is C17H24N2O. The van der Waals surface area contributed by atoms with Crippen LogP contribution >= 0.6 is 0 Å². The predicted molar refractivity (Wildman–Crippen MR) is 82.6 cm³/mol. The van der Waals surface area contributed by atoms with Crippen molar-refractivity contribution in [3.63, 3.8) is 0 Å². The zero-order valence-corrected chi connectivity index (χ0v) is 12.3. The van der Waals surface area contributed by atoms with E-state index < -0.39 is 0 Å². The molecule has 3 nitrogen and oxygen atoms in total. The average molecular weight is 272 g/mol. The molecule has 2 fully saturated rings. The summed E-state index contributed by atoms with van der Waals surface area (Å²) in [4.78, 5) is 16.3. The third-order valence-electron chi connectivity index (χ3n) is 4.81. The fourth-order valence-corrected chi connectivity index (χ4v) is 3.65. The van der Waals surface area contributed by atoms with Crippen LogP contribution in [-0.2, 0) is 0 Å². The molecule has 0 unspecified atom stereocenters. The normalized spacial score (nSPS) is 21.4. The molecule has 2 aliphatic rings. The molecule has 20 heavy (non-hydrogen) atoms. The van der Waals surface area contributed by atoms with Gasteiger partial charge in [-0.25, -0.2) is 0 Å². The van der Waals surface area contributed by atoms with E-state index in [1.165, 1.54) is 25.7 Å². The Labute approximate surface area is 121 Å². The number of carbonyl (C=O) groups is 1. The van der Waals surface area contributed by atoms with Crippen molar-refractivity contribution < 1.29 is 4.79 Å². The highest BCUT2D eigenvalue weighted by molar-refractivity contribution is 5.85. The Balaban J connectivity index is 1.67. The monoisotopic (exact) mass is 272 g/mol. The van der Waals surface area contributed by atoms with Gasteiger partial charge < -0.3 is 4.90 Å². The molecule has 1 aliphatic heterocycles. The van der Waals surface area contributed by atoms with Gasteiger partial charge in [0.15, 0.2) is 6.29 Å². The van der Waals surface area contributed by atoms with Crippen LogP contribution in [0.3, 0.4) is 0 Å². The van der Waals surface area contributed by atoms with Crippen LogP contribution < -0.4 is 4.90 Å². The molecule has 1 heterocycles. The minimum atomic E-state index is 0.820. The summed E-state index contributed by atoms with van der Waals surface area (Å²) in [6, 6.07) is 7.02. The number of rotatable bonds is 3. The topological polar surface area (TPSA) is 23.6 Å². The predicted octanol–water partition coefficient (Wildman–Crippen LogP) is 2.87. The van der Waals surface area contributed by atoms with E-state index in [0.717, 1.165) is 55.3 Å². The van der Waals surface area contributed by atoms with Crippen molar-refractivity contribution in [1.82, 2.24) is 4.90 Å². The van der Waals surface area contributed by atoms with E-state index in [4.69, 9.17) is 0 Å². The summed E-state index contributed by atoms with van der Waals surface area (Å²) in [5.41, 5.74) is 3.09. The lowest BCUT2D eigenvalue weighted by Crippen LogP contribution is -2.50. The van der Waals surface area contributed by atoms with Gasteiger partial charge in [0, 0.05) is 43.5 Å². The number of hydrogen-bond acceptors (Lipinski definition) is 3. The number of hydrogen-bond donors (Lipinski definition) is 0. The van der Waals surface area contributed by atoms with Gasteiger partial charge in [0.05, 0.1) is 0 Å². The molecule has 1 saturated heterocycles. The molecule has 1 saturated carbocycles. The first kappa shape index (κ1) is 13.6. The van der Waals surface area contributed by atoms with E-state index in [0.29, 0.717) is 0 Å². The van der Waals surface area contributed by atoms with Crippen molar-refractivity contribution >= 4 is 12.0 Å². The van der Waals surface area contributed by atoms with E-state index in [2.05, 4.69) is 21.9 Å². The van der Waals surface area contributed by atoms with Gasteiger partial charge in [-0.1, -0.05) is 24.5 Å². The van der Waals surface area contributed by atoms with Crippen LogP contribution in [0.1, 0.15) is 41.6 Å². The van der Waals surface area contributed by atoms with Crippen LogP contribution in [0.4, 0.5) is 5.69 Å². The Morgan fingerprint density at radius 1 is 1.10 bits per heavy atom. The summed E-state index contributed by atoms with van der Waals surface area (Å²) in [6.45, 7) is 6.39. The van der Waals surface area contributed by atoms with Gasteiger partial charge in [0.1, 0.15) is 0 Å². The summed E-state index contributed by atoms with van der Waals surface area (Å²) in [6.07, 6.45) is 6.55. The third kappa shape index (κ3) is 2.73. The Kier molecular flexibility index (Phi) is 4.06. The largest absolute Gasteiger partial charge is 0.368 e. The van der Waals surface area contributed by atoms with Gasteiger partial charge in [-0.15, -0.1) is 0 Å². The maximum absolute atomic E-state index is 11.3. The van der Waals surface area contributed by atoms with Gasteiger partial charge in [0.2, 0.25) is 0 Å². The van der Waals surface area contributed by atoms with Gasteiger partial charge in [-0.2, -0.15) is 0 Å². The van der Waals surface area contributed by atoms with Crippen LogP contribution in [0.15, 0.2) is 18.2 Å². The summed E-state index contributed by atoms with van der Waals surface area (Å²) >= 11 is 0. The fraction of sp³-hybridized carbons (Fsp3) is 0.588. The van der Waals surface area contributed by atoms with Crippen LogP contribution in [0.25, 0.3) is 0 Å². The van der Waals surface area contributed by atoms with Gasteiger partial charge in [0.25, 0.3) is 0 Å². The summed E-state index contributed by atoms with van der Waals surface area (Å²) < 4.78 is 0. The van der Waals surface area contributed by atoms with Crippen molar-refractivity contribution in [2.24, 2.45) is 0 Å². The van der Waals surface area contributed by atoms with E-state index in [1.807, 2.05) is 13.0 Å². The molecule has 0 radical (unpaired) electrons. The van der Waals surface area contributed by atoms with E-state index in [1.54, 1.807) is 0 Å². The SMILES string of the molecule is Cc1ccc(N2CCN(C3CCCC3)CC2)c(C=O)c1. The lowest BCUT2D eigenvalue weighted by Gasteiger charge is -2.39. The maximum atomic E-state index is 11.3. The third-order valence-corrected chi connectivity index (χ3v) is 4.81. The summed E-state index contributed by atoms with van der Waals surface area (Å²) in [7, 11) is 0. The standard InChI is InChI=1S/C17H24N2O/c1-14-6-7-17(15(12-14)13-20)19-10-8-18(9-11-19)16-4-2-3-5-16/h6-7,12-13,16H,2-5,8-11H2,1H3. The van der Waals surface area contributed by atoms with Crippen molar-refractivity contribution in [2.75, 3.05) is 31.1 Å². The smallest absolute Gasteiger partial charge is 0.152 e. The van der Waals surface area contributed by atoms with Crippen molar-refractivity contribution in [1.29, 1.82) is 0 Å². The van der Waals surface area contributed by atoms with E-state index >= 15 is 0 Å². The number of anilines is 1. The molecule has 0 N–H and O–H groups in total. The van der Waals surface area contributed by atoms with Crippen LogP contribution in [0.5, 0.6) is 0 Å². The van der Waals surface area contributed by atoms with Crippen LogP contribution in [0, 0.1) is 6.92 Å². The zero-order valence-electron chi connectivity index (χ0n) is 12.3. The number of nitrogens with zero attached hydrogens (tertiary/aromatic N) is 2. The molecule has 0 aromatic heterocycles. The minimum Gasteiger partial charge on any atom is -0.368 e. The van der Waals surface area contributed by atoms with Gasteiger partial charge >= 0.3 is 0 Å². The Morgan fingerprint density at radius 3 is 2.45 bits per heavy atom. The van der Waals surface area contributed by atoms with Gasteiger partial charge in [-0.3, -0.25) is 9.69 Å². The molecule has 0 spiro atoms. The molecule has 1 aromatic carbocycles. The van der Waals surface area contributed by atoms with Crippen LogP contribution in [-0.4, -0.2) is 43.4 Å². The quantitative estimate of drug-likeness (QED) is 0.791. The first-order chi connectivity index (χ1) is 9.78. The second-order valence-electron chi connectivity index (χ2n) is 6.14. The molecule has 0 atom stereocenters. The molecule has 3 rings (SSSR count). The molecule has 108 valence electrons. The van der Waals surface area contributed by atoms with E-state index in [-0.39, 0.29) is 0 Å². The highest BCUT2D eigenvalue weighted by Crippen LogP contribution is 2.27. The lowest BCUT2D eigenvalue weighted by molar-refractivity contribution is 0.112. The second kappa shape index (κ2) is 5.96. The maximum Gasteiger partial charge on any atom is 0.152 e. The lowest BCUT2D eigenvalue weighted by atomic mass is 10.1. The van der Waals surface area contributed by atoms with Crippen molar-refractivity contribution in [2.45, 2.75) is 38.6 Å². The van der Waals surface area contributed by atoms with E-state index in [9.17, 15) is 4.79 Å². The highest BCUT2D eigenvalue weighted by atomic mass is 16.1. The number of piperazine rings is 1. The number of carbonyl (C=O) groups excluding carboxylic acids is 1. The minimum absolute atomic E-state index is 0.820. The number of aldehydes is 1. The Hall–Kier alpha value is -1.35. The number of aryl methyl sites for hydroxylation is 1. The number of benzene rings is 1. The molecular weight excluding hydrogens is 248 g/mol. The molecule has 3 heteroatoms. The van der Waals surface area contributed by atoms with Crippen LogP contribution in [0.2, 0.25) is 0 Å². The Morgan fingerprint density at radius 2 is 1.80 bits per heavy atom. The summed E-state index contributed by atoms with van der Waals surface area (Å²) in [5, 5.41) is 0. The average Bonchev–Trinajstić information content (AvgIpc) is 3.01. The Bertz CT molecular complexity index is 472. The zero-order chi connectivity index (χ0) is 13.9. The molecule has 1 aliphatic carbocycles. The van der Waals surface area contributed by atoms with Crippen molar-refractivity contribution in [3.05, 3.63) is 29.3 Å². The fourth-order valence-electron chi connectivity index (χ4n) is 3.65. The molecule has 0 bridgehead atoms.